The summed E-state index contributed by atoms with van der Waals surface area (Å²) in [5.74, 6) is 1.43. The van der Waals surface area contributed by atoms with Crippen LogP contribution in [0.15, 0.2) is 24.3 Å². The fourth-order valence-electron chi connectivity index (χ4n) is 3.59. The van der Waals surface area contributed by atoms with Crippen LogP contribution in [0.25, 0.3) is 0 Å². The molecule has 7 heteroatoms. The predicted octanol–water partition coefficient (Wildman–Crippen LogP) is 3.69. The number of hydrogen-bond acceptors (Lipinski definition) is 2. The number of benzene rings is 1. The van der Waals surface area contributed by atoms with Crippen LogP contribution in [0, 0.1) is 11.8 Å². The first-order chi connectivity index (χ1) is 10.4. The first-order valence-electron chi connectivity index (χ1n) is 7.42. The molecule has 3 N–H and O–H groups in total. The first kappa shape index (κ1) is 15.4. The average Bonchev–Trinajstić information content (AvgIpc) is 3.07. The van der Waals surface area contributed by atoms with Crippen molar-refractivity contribution in [1.29, 1.82) is 0 Å². The molecule has 120 valence electrons. The maximum Gasteiger partial charge on any atom is 0.418 e. The third kappa shape index (κ3) is 3.29. The van der Waals surface area contributed by atoms with Crippen LogP contribution in [0.1, 0.15) is 31.2 Å². The lowest BCUT2D eigenvalue weighted by atomic mass is 9.96. The van der Waals surface area contributed by atoms with Gasteiger partial charge in [0.2, 0.25) is 0 Å². The lowest BCUT2D eigenvalue weighted by molar-refractivity contribution is -0.137. The highest BCUT2D eigenvalue weighted by molar-refractivity contribution is 7.80. The maximum absolute atomic E-state index is 12.9. The topological polar surface area (TPSA) is 36.1 Å². The molecular formula is C15H18F3N3S. The number of rotatable bonds is 3. The van der Waals surface area contributed by atoms with Gasteiger partial charge in [0, 0.05) is 6.04 Å². The van der Waals surface area contributed by atoms with Crippen molar-refractivity contribution < 1.29 is 13.2 Å². The van der Waals surface area contributed by atoms with Crippen LogP contribution < -0.4 is 16.2 Å². The molecule has 2 aliphatic rings. The number of hydrazine groups is 1. The molecule has 2 fully saturated rings. The summed E-state index contributed by atoms with van der Waals surface area (Å²) >= 11 is 5.18. The Kier molecular flexibility index (Phi) is 4.16. The molecule has 2 bridgehead atoms. The lowest BCUT2D eigenvalue weighted by Gasteiger charge is -2.25. The average molecular weight is 329 g/mol. The summed E-state index contributed by atoms with van der Waals surface area (Å²) in [6.45, 7) is 0. The second-order valence-electron chi connectivity index (χ2n) is 6.05. The fraction of sp³-hybridized carbons (Fsp3) is 0.533. The van der Waals surface area contributed by atoms with Crippen LogP contribution in [-0.2, 0) is 6.18 Å². The van der Waals surface area contributed by atoms with E-state index < -0.39 is 11.7 Å². The van der Waals surface area contributed by atoms with E-state index in [0.29, 0.717) is 17.1 Å². The number of thiocarbonyl (C=S) groups is 1. The van der Waals surface area contributed by atoms with Gasteiger partial charge in [-0.25, -0.2) is 0 Å². The molecule has 1 aromatic carbocycles. The zero-order chi connectivity index (χ0) is 15.7. The van der Waals surface area contributed by atoms with Gasteiger partial charge in [-0.2, -0.15) is 13.2 Å². The molecule has 2 saturated carbocycles. The maximum atomic E-state index is 12.9. The Morgan fingerprint density at radius 3 is 2.55 bits per heavy atom. The molecule has 22 heavy (non-hydrogen) atoms. The van der Waals surface area contributed by atoms with Crippen molar-refractivity contribution in [3.05, 3.63) is 29.8 Å². The number of anilines is 1. The van der Waals surface area contributed by atoms with Gasteiger partial charge in [0.15, 0.2) is 5.11 Å². The normalized spacial score (nSPS) is 26.8. The van der Waals surface area contributed by atoms with Gasteiger partial charge in [0.1, 0.15) is 0 Å². The van der Waals surface area contributed by atoms with Crippen LogP contribution in [0.2, 0.25) is 0 Å². The largest absolute Gasteiger partial charge is 0.418 e. The number of fused-ring (bicyclic) bond motifs is 2. The Morgan fingerprint density at radius 2 is 1.91 bits per heavy atom. The molecule has 3 rings (SSSR count). The van der Waals surface area contributed by atoms with E-state index in [1.54, 1.807) is 6.07 Å². The summed E-state index contributed by atoms with van der Waals surface area (Å²) in [4.78, 5) is 0. The third-order valence-corrected chi connectivity index (χ3v) is 4.82. The molecule has 0 unspecified atom stereocenters. The van der Waals surface area contributed by atoms with E-state index in [1.165, 1.54) is 31.4 Å². The van der Waals surface area contributed by atoms with Crippen molar-refractivity contribution in [3.63, 3.8) is 0 Å². The molecule has 0 amide bonds. The highest BCUT2D eigenvalue weighted by atomic mass is 32.1. The Bertz CT molecular complexity index is 561. The zero-order valence-electron chi connectivity index (χ0n) is 11.9. The Balaban J connectivity index is 1.55. The standard InChI is InChI=1S/C15H18F3N3S/c16-15(17,18)11-3-1-2-4-12(11)20-21-14(22)19-13-8-9-5-6-10(13)7-9/h1-4,9-10,13,20H,5-8H2,(H2,19,21,22)/t9-,10-,13+/m1/s1. The van der Waals surface area contributed by atoms with E-state index in [9.17, 15) is 13.2 Å². The molecular weight excluding hydrogens is 311 g/mol. The van der Waals surface area contributed by atoms with Gasteiger partial charge < -0.3 is 5.32 Å². The molecule has 0 aliphatic heterocycles. The van der Waals surface area contributed by atoms with E-state index >= 15 is 0 Å². The molecule has 0 aromatic heterocycles. The predicted molar refractivity (Wildman–Crippen MR) is 83.2 cm³/mol. The molecule has 0 radical (unpaired) electrons. The molecule has 0 heterocycles. The Hall–Kier alpha value is -1.50. The Labute approximate surface area is 132 Å². The SMILES string of the molecule is FC(F)(F)c1ccccc1NNC(=S)N[C@H]1C[C@@H]2CC[C@@H]1C2. The van der Waals surface area contributed by atoms with Gasteiger partial charge in [-0.3, -0.25) is 10.9 Å². The molecule has 1 aromatic rings. The highest BCUT2D eigenvalue weighted by Crippen LogP contribution is 2.44. The minimum absolute atomic E-state index is 0.0351. The Morgan fingerprint density at radius 1 is 1.14 bits per heavy atom. The van der Waals surface area contributed by atoms with E-state index in [2.05, 4.69) is 16.2 Å². The zero-order valence-corrected chi connectivity index (χ0v) is 12.7. The highest BCUT2D eigenvalue weighted by Gasteiger charge is 2.39. The quantitative estimate of drug-likeness (QED) is 0.584. The van der Waals surface area contributed by atoms with Crippen LogP contribution >= 0.6 is 12.2 Å². The van der Waals surface area contributed by atoms with Gasteiger partial charge in [0.05, 0.1) is 11.3 Å². The van der Waals surface area contributed by atoms with Crippen LogP contribution in [0.5, 0.6) is 0 Å². The van der Waals surface area contributed by atoms with Gasteiger partial charge in [-0.05, 0) is 55.4 Å². The van der Waals surface area contributed by atoms with Gasteiger partial charge >= 0.3 is 6.18 Å². The fourth-order valence-corrected chi connectivity index (χ4v) is 3.79. The van der Waals surface area contributed by atoms with Gasteiger partial charge in [0.25, 0.3) is 0 Å². The number of para-hydroxylation sites is 1. The van der Waals surface area contributed by atoms with Crippen LogP contribution in [0.3, 0.4) is 0 Å². The molecule has 2 aliphatic carbocycles. The monoisotopic (exact) mass is 329 g/mol. The van der Waals surface area contributed by atoms with Crippen molar-refractivity contribution in [2.24, 2.45) is 11.8 Å². The van der Waals surface area contributed by atoms with E-state index in [1.807, 2.05) is 0 Å². The van der Waals surface area contributed by atoms with Crippen LogP contribution in [-0.4, -0.2) is 11.2 Å². The van der Waals surface area contributed by atoms with Crippen molar-refractivity contribution in [1.82, 2.24) is 10.7 Å². The van der Waals surface area contributed by atoms with Gasteiger partial charge in [-0.15, -0.1) is 0 Å². The molecule has 3 nitrogen and oxygen atoms in total. The summed E-state index contributed by atoms with van der Waals surface area (Å²) in [6.07, 6.45) is 0.455. The lowest BCUT2D eigenvalue weighted by Crippen LogP contribution is -2.46. The minimum atomic E-state index is -4.40. The number of hydrogen-bond donors (Lipinski definition) is 3. The van der Waals surface area contributed by atoms with Gasteiger partial charge in [-0.1, -0.05) is 18.6 Å². The summed E-state index contributed by atoms with van der Waals surface area (Å²) in [6, 6.07) is 5.66. The summed E-state index contributed by atoms with van der Waals surface area (Å²) in [5, 5.41) is 3.56. The second-order valence-corrected chi connectivity index (χ2v) is 6.46. The summed E-state index contributed by atoms with van der Waals surface area (Å²) in [7, 11) is 0. The van der Waals surface area contributed by atoms with Crippen molar-refractivity contribution in [2.45, 2.75) is 37.9 Å². The van der Waals surface area contributed by atoms with E-state index in [-0.39, 0.29) is 5.69 Å². The smallest absolute Gasteiger partial charge is 0.358 e. The minimum Gasteiger partial charge on any atom is -0.358 e. The second kappa shape index (κ2) is 5.95. The van der Waals surface area contributed by atoms with Crippen molar-refractivity contribution >= 4 is 23.0 Å². The molecule has 3 atom stereocenters. The summed E-state index contributed by atoms with van der Waals surface area (Å²) < 4.78 is 38.7. The number of alkyl halides is 3. The first-order valence-corrected chi connectivity index (χ1v) is 7.83. The number of nitrogens with one attached hydrogen (secondary N) is 3. The van der Waals surface area contributed by atoms with E-state index in [4.69, 9.17) is 12.2 Å². The molecule has 0 spiro atoms. The van der Waals surface area contributed by atoms with Crippen LogP contribution in [0.4, 0.5) is 18.9 Å². The van der Waals surface area contributed by atoms with Crippen molar-refractivity contribution in [3.8, 4) is 0 Å². The number of halogens is 3. The van der Waals surface area contributed by atoms with Crippen molar-refractivity contribution in [2.75, 3.05) is 5.43 Å². The molecule has 0 saturated heterocycles. The third-order valence-electron chi connectivity index (χ3n) is 4.60. The van der Waals surface area contributed by atoms with E-state index in [0.717, 1.165) is 18.4 Å². The summed E-state index contributed by atoms with van der Waals surface area (Å²) in [5.41, 5.74) is 4.48.